The second kappa shape index (κ2) is 9.18. The Morgan fingerprint density at radius 3 is 2.57 bits per heavy atom. The van der Waals surface area contributed by atoms with Crippen LogP contribution in [0.2, 0.25) is 0 Å². The van der Waals surface area contributed by atoms with Crippen LogP contribution in [0.15, 0.2) is 48.9 Å². The molecule has 1 aliphatic carbocycles. The molecule has 1 aliphatic heterocycles. The first-order chi connectivity index (χ1) is 13.8. The van der Waals surface area contributed by atoms with Crippen molar-refractivity contribution >= 4 is 11.6 Å². The summed E-state index contributed by atoms with van der Waals surface area (Å²) in [7, 11) is 0. The van der Waals surface area contributed by atoms with E-state index in [1.54, 1.807) is 12.4 Å². The van der Waals surface area contributed by atoms with Gasteiger partial charge in [-0.1, -0.05) is 31.0 Å². The highest BCUT2D eigenvalue weighted by Gasteiger charge is 2.28. The molecule has 5 heteroatoms. The summed E-state index contributed by atoms with van der Waals surface area (Å²) in [5.74, 6) is 1.29. The molecular formula is C23H30N4O. The molecule has 0 unspecified atom stereocenters. The Balaban J connectivity index is 1.48. The predicted octanol–water partition coefficient (Wildman–Crippen LogP) is 3.56. The molecule has 2 heterocycles. The monoisotopic (exact) mass is 378 g/mol. The summed E-state index contributed by atoms with van der Waals surface area (Å²) in [5, 5.41) is 0. The van der Waals surface area contributed by atoms with Gasteiger partial charge in [-0.3, -0.25) is 14.8 Å². The van der Waals surface area contributed by atoms with Crippen molar-refractivity contribution in [3.8, 4) is 0 Å². The Hall–Kier alpha value is -2.43. The number of nitrogens with zero attached hydrogens (tertiary/aromatic N) is 4. The van der Waals surface area contributed by atoms with Crippen molar-refractivity contribution in [3.05, 3.63) is 54.6 Å². The number of rotatable bonds is 5. The third-order valence-corrected chi connectivity index (χ3v) is 6.12. The normalized spacial score (nSPS) is 20.9. The zero-order valence-electron chi connectivity index (χ0n) is 16.5. The predicted molar refractivity (Wildman–Crippen MR) is 111 cm³/mol. The summed E-state index contributed by atoms with van der Waals surface area (Å²) in [6, 6.07) is 10.5. The topological polar surface area (TPSA) is 49.3 Å². The van der Waals surface area contributed by atoms with Crippen LogP contribution < -0.4 is 4.90 Å². The molecule has 1 atom stereocenters. The average Bonchev–Trinajstić information content (AvgIpc) is 3.14. The van der Waals surface area contributed by atoms with E-state index in [9.17, 15) is 4.79 Å². The lowest BCUT2D eigenvalue weighted by Crippen LogP contribution is -2.37. The third kappa shape index (κ3) is 4.89. The highest BCUT2D eigenvalue weighted by atomic mass is 16.2. The van der Waals surface area contributed by atoms with E-state index in [1.165, 1.54) is 31.4 Å². The van der Waals surface area contributed by atoms with Crippen molar-refractivity contribution in [1.82, 2.24) is 14.9 Å². The molecule has 1 aromatic heterocycles. The molecule has 2 fully saturated rings. The summed E-state index contributed by atoms with van der Waals surface area (Å²) in [4.78, 5) is 26.2. The van der Waals surface area contributed by atoms with Gasteiger partial charge in [0.05, 0.1) is 5.69 Å². The first-order valence-electron chi connectivity index (χ1n) is 10.6. The minimum Gasteiger partial charge on any atom is -0.369 e. The van der Waals surface area contributed by atoms with E-state index in [4.69, 9.17) is 0 Å². The molecule has 1 amide bonds. The van der Waals surface area contributed by atoms with E-state index in [-0.39, 0.29) is 0 Å². The molecule has 0 bridgehead atoms. The van der Waals surface area contributed by atoms with Crippen molar-refractivity contribution in [3.63, 3.8) is 0 Å². The molecule has 1 saturated carbocycles. The lowest BCUT2D eigenvalue weighted by molar-refractivity contribution is -0.132. The van der Waals surface area contributed by atoms with Crippen molar-refractivity contribution in [1.29, 1.82) is 0 Å². The van der Waals surface area contributed by atoms with Gasteiger partial charge >= 0.3 is 0 Å². The van der Waals surface area contributed by atoms with Crippen LogP contribution >= 0.6 is 0 Å². The van der Waals surface area contributed by atoms with Gasteiger partial charge in [0.25, 0.3) is 0 Å². The van der Waals surface area contributed by atoms with Gasteiger partial charge in [0.15, 0.2) is 0 Å². The summed E-state index contributed by atoms with van der Waals surface area (Å²) in [6.45, 7) is 3.44. The van der Waals surface area contributed by atoms with Crippen molar-refractivity contribution < 1.29 is 4.79 Å². The maximum atomic E-state index is 13.0. The molecule has 0 N–H and O–H groups in total. The van der Waals surface area contributed by atoms with Crippen LogP contribution in [0.3, 0.4) is 0 Å². The van der Waals surface area contributed by atoms with Gasteiger partial charge in [0.1, 0.15) is 0 Å². The average molecular weight is 379 g/mol. The van der Waals surface area contributed by atoms with Gasteiger partial charge < -0.3 is 9.80 Å². The second-order valence-electron chi connectivity index (χ2n) is 8.24. The SMILES string of the molecule is O=C(CC1CCCC1)N1CCN(c2ccccc2)C[C@@H](Cc2cnccn2)C1. The van der Waals surface area contributed by atoms with Crippen molar-refractivity contribution in [2.24, 2.45) is 11.8 Å². The maximum absolute atomic E-state index is 13.0. The summed E-state index contributed by atoms with van der Waals surface area (Å²) < 4.78 is 0. The largest absolute Gasteiger partial charge is 0.369 e. The zero-order chi connectivity index (χ0) is 19.2. The van der Waals surface area contributed by atoms with Crippen LogP contribution in [0.4, 0.5) is 5.69 Å². The molecule has 1 saturated heterocycles. The zero-order valence-corrected chi connectivity index (χ0v) is 16.5. The summed E-state index contributed by atoms with van der Waals surface area (Å²) in [6.07, 6.45) is 11.9. The first kappa shape index (κ1) is 18.9. The van der Waals surface area contributed by atoms with E-state index >= 15 is 0 Å². The Kier molecular flexibility index (Phi) is 6.20. The van der Waals surface area contributed by atoms with E-state index in [0.717, 1.165) is 44.7 Å². The van der Waals surface area contributed by atoms with Crippen LogP contribution in [0.5, 0.6) is 0 Å². The second-order valence-corrected chi connectivity index (χ2v) is 8.24. The fraction of sp³-hybridized carbons (Fsp3) is 0.522. The van der Waals surface area contributed by atoms with E-state index in [1.807, 2.05) is 6.20 Å². The highest BCUT2D eigenvalue weighted by Crippen LogP contribution is 2.29. The third-order valence-electron chi connectivity index (χ3n) is 6.12. The number of anilines is 1. The van der Waals surface area contributed by atoms with Crippen LogP contribution in [-0.2, 0) is 11.2 Å². The number of carbonyl (C=O) groups is 1. The van der Waals surface area contributed by atoms with E-state index in [2.05, 4.69) is 50.1 Å². The summed E-state index contributed by atoms with van der Waals surface area (Å²) in [5.41, 5.74) is 2.24. The Bertz CT molecular complexity index is 746. The van der Waals surface area contributed by atoms with Gasteiger partial charge in [-0.25, -0.2) is 0 Å². The number of amides is 1. The lowest BCUT2D eigenvalue weighted by Gasteiger charge is -2.26. The molecule has 4 rings (SSSR count). The number of benzene rings is 1. The lowest BCUT2D eigenvalue weighted by atomic mass is 10.0. The fourth-order valence-electron chi connectivity index (χ4n) is 4.66. The quantitative estimate of drug-likeness (QED) is 0.798. The molecule has 5 nitrogen and oxygen atoms in total. The Morgan fingerprint density at radius 2 is 1.82 bits per heavy atom. The van der Waals surface area contributed by atoms with Crippen molar-refractivity contribution in [2.75, 3.05) is 31.1 Å². The van der Waals surface area contributed by atoms with Gasteiger partial charge in [0.2, 0.25) is 5.91 Å². The molecule has 148 valence electrons. The summed E-state index contributed by atoms with van der Waals surface area (Å²) >= 11 is 0. The number of hydrogen-bond donors (Lipinski definition) is 0. The molecule has 28 heavy (non-hydrogen) atoms. The van der Waals surface area contributed by atoms with Gasteiger partial charge in [-0.15, -0.1) is 0 Å². The van der Waals surface area contributed by atoms with Gasteiger partial charge in [0, 0.05) is 56.9 Å². The van der Waals surface area contributed by atoms with Crippen LogP contribution in [0.1, 0.15) is 37.8 Å². The Morgan fingerprint density at radius 1 is 1.00 bits per heavy atom. The molecule has 2 aliphatic rings. The maximum Gasteiger partial charge on any atom is 0.222 e. The minimum absolute atomic E-state index is 0.339. The van der Waals surface area contributed by atoms with Crippen molar-refractivity contribution in [2.45, 2.75) is 38.5 Å². The molecule has 0 radical (unpaired) electrons. The van der Waals surface area contributed by atoms with E-state index < -0.39 is 0 Å². The Labute approximate surface area is 167 Å². The molecule has 0 spiro atoms. The first-order valence-corrected chi connectivity index (χ1v) is 10.6. The number of carbonyl (C=O) groups excluding carboxylic acids is 1. The van der Waals surface area contributed by atoms with E-state index in [0.29, 0.717) is 17.7 Å². The minimum atomic E-state index is 0.339. The van der Waals surface area contributed by atoms with Gasteiger partial charge in [-0.05, 0) is 43.2 Å². The number of aromatic nitrogens is 2. The smallest absolute Gasteiger partial charge is 0.222 e. The van der Waals surface area contributed by atoms with Crippen LogP contribution in [-0.4, -0.2) is 47.0 Å². The molecular weight excluding hydrogens is 348 g/mol. The number of para-hydroxylation sites is 1. The molecule has 2 aromatic rings. The highest BCUT2D eigenvalue weighted by molar-refractivity contribution is 5.76. The fourth-order valence-corrected chi connectivity index (χ4v) is 4.66. The molecule has 1 aromatic carbocycles. The number of hydrogen-bond acceptors (Lipinski definition) is 4. The van der Waals surface area contributed by atoms with Crippen LogP contribution in [0, 0.1) is 11.8 Å². The standard InChI is InChI=1S/C23H30N4O/c28-23(15-19-6-4-5-7-19)27-13-12-26(22-8-2-1-3-9-22)17-20(18-27)14-21-16-24-10-11-25-21/h1-3,8-11,16,19-20H,4-7,12-15,17-18H2/t20-/m1/s1. The van der Waals surface area contributed by atoms with Gasteiger partial charge in [-0.2, -0.15) is 0 Å². The van der Waals surface area contributed by atoms with Crippen LogP contribution in [0.25, 0.3) is 0 Å².